The van der Waals surface area contributed by atoms with E-state index in [0.717, 1.165) is 50.9 Å². The third kappa shape index (κ3) is 6.66. The third-order valence-corrected chi connectivity index (χ3v) is 7.08. The monoisotopic (exact) mass is 547 g/mol. The van der Waals surface area contributed by atoms with Crippen molar-refractivity contribution in [1.29, 1.82) is 0 Å². The number of rotatable bonds is 6. The summed E-state index contributed by atoms with van der Waals surface area (Å²) in [6.45, 7) is 5.78. The number of guanidine groups is 1. The molecule has 0 atom stereocenters. The topological polar surface area (TPSA) is 36.9 Å². The van der Waals surface area contributed by atoms with Gasteiger partial charge in [0.2, 0.25) is 0 Å². The Balaban J connectivity index is 0.00000288. The van der Waals surface area contributed by atoms with Gasteiger partial charge in [0.05, 0.1) is 10.3 Å². The van der Waals surface area contributed by atoms with Crippen molar-refractivity contribution in [3.05, 3.63) is 20.8 Å². The molecule has 1 aromatic rings. The molecule has 1 N–H and O–H groups in total. The lowest BCUT2D eigenvalue weighted by Gasteiger charge is -2.37. The van der Waals surface area contributed by atoms with Crippen molar-refractivity contribution in [1.82, 2.24) is 10.2 Å². The first-order valence-electron chi connectivity index (χ1n) is 7.96. The molecule has 0 amide bonds. The Morgan fingerprint density at radius 1 is 1.46 bits per heavy atom. The van der Waals surface area contributed by atoms with Crippen LogP contribution < -0.4 is 5.32 Å². The number of ether oxygens (including phenoxy) is 1. The number of aliphatic imine (C=N–C) groups is 1. The Labute approximate surface area is 179 Å². The van der Waals surface area contributed by atoms with Crippen LogP contribution in [0.3, 0.4) is 0 Å². The van der Waals surface area contributed by atoms with Gasteiger partial charge in [-0.05, 0) is 46.7 Å². The first kappa shape index (κ1) is 22.5. The molecule has 8 heteroatoms. The maximum Gasteiger partial charge on any atom is 0.193 e. The van der Waals surface area contributed by atoms with Crippen LogP contribution in [0, 0.1) is 0 Å². The van der Waals surface area contributed by atoms with Crippen LogP contribution in [0.5, 0.6) is 0 Å². The summed E-state index contributed by atoms with van der Waals surface area (Å²) in [5.74, 6) is 2.09. The minimum absolute atomic E-state index is 0. The highest BCUT2D eigenvalue weighted by Crippen LogP contribution is 2.34. The normalized spacial score (nSPS) is 17.2. The highest BCUT2D eigenvalue weighted by Gasteiger charge is 2.32. The van der Waals surface area contributed by atoms with E-state index in [2.05, 4.69) is 69.0 Å². The number of nitrogens with zero attached hydrogens (tertiary/aromatic N) is 2. The Hall–Kier alpha value is 0.490. The summed E-state index contributed by atoms with van der Waals surface area (Å²) in [6, 6.07) is 4.25. The SMILES string of the molecule is CCSC1(CNC(=NC)N(C)Cc2ccc(Br)s2)CCOCC1.I. The van der Waals surface area contributed by atoms with E-state index in [4.69, 9.17) is 4.74 Å². The van der Waals surface area contributed by atoms with Crippen LogP contribution in [0.15, 0.2) is 20.9 Å². The second kappa shape index (κ2) is 11.3. The Kier molecular flexibility index (Phi) is 10.6. The van der Waals surface area contributed by atoms with Gasteiger partial charge in [-0.15, -0.1) is 35.3 Å². The molecule has 1 fully saturated rings. The molecule has 2 heterocycles. The standard InChI is InChI=1S/C16H26BrN3OS2.HI/c1-4-22-16(7-9-21-10-8-16)12-19-15(18-2)20(3)11-13-5-6-14(17)23-13;/h5-6H,4,7-12H2,1-3H3,(H,18,19);1H. The van der Waals surface area contributed by atoms with Crippen LogP contribution in [-0.2, 0) is 11.3 Å². The maximum atomic E-state index is 5.55. The molecule has 24 heavy (non-hydrogen) atoms. The lowest BCUT2D eigenvalue weighted by atomic mass is 9.99. The van der Waals surface area contributed by atoms with E-state index in [0.29, 0.717) is 0 Å². The molecule has 0 aromatic carbocycles. The number of halogens is 2. The van der Waals surface area contributed by atoms with Crippen molar-refractivity contribution >= 4 is 69.0 Å². The fourth-order valence-electron chi connectivity index (χ4n) is 2.79. The molecular formula is C16H27BrIN3OS2. The average molecular weight is 548 g/mol. The van der Waals surface area contributed by atoms with E-state index in [1.54, 1.807) is 11.3 Å². The molecule has 2 rings (SSSR count). The summed E-state index contributed by atoms with van der Waals surface area (Å²) in [7, 11) is 3.94. The summed E-state index contributed by atoms with van der Waals surface area (Å²) < 4.78 is 6.99. The molecule has 1 saturated heterocycles. The minimum Gasteiger partial charge on any atom is -0.381 e. The Morgan fingerprint density at radius 3 is 2.71 bits per heavy atom. The van der Waals surface area contributed by atoms with E-state index < -0.39 is 0 Å². The summed E-state index contributed by atoms with van der Waals surface area (Å²) in [4.78, 5) is 7.96. The van der Waals surface area contributed by atoms with Gasteiger partial charge in [-0.1, -0.05) is 6.92 Å². The van der Waals surface area contributed by atoms with Crippen molar-refractivity contribution in [3.8, 4) is 0 Å². The number of hydrogen-bond acceptors (Lipinski definition) is 4. The van der Waals surface area contributed by atoms with E-state index in [-0.39, 0.29) is 28.7 Å². The Bertz CT molecular complexity index is 516. The zero-order valence-electron chi connectivity index (χ0n) is 14.5. The first-order valence-corrected chi connectivity index (χ1v) is 10.6. The van der Waals surface area contributed by atoms with Crippen molar-refractivity contribution in [2.24, 2.45) is 4.99 Å². The second-order valence-corrected chi connectivity index (χ2v) is 9.97. The predicted molar refractivity (Wildman–Crippen MR) is 121 cm³/mol. The molecule has 0 bridgehead atoms. The van der Waals surface area contributed by atoms with Gasteiger partial charge in [-0.2, -0.15) is 11.8 Å². The minimum atomic E-state index is 0. The predicted octanol–water partition coefficient (Wildman–Crippen LogP) is 4.44. The van der Waals surface area contributed by atoms with Crippen LogP contribution in [0.2, 0.25) is 0 Å². The largest absolute Gasteiger partial charge is 0.381 e. The first-order chi connectivity index (χ1) is 11.1. The smallest absolute Gasteiger partial charge is 0.193 e. The van der Waals surface area contributed by atoms with Crippen molar-refractivity contribution in [3.63, 3.8) is 0 Å². The van der Waals surface area contributed by atoms with Crippen LogP contribution in [0.25, 0.3) is 0 Å². The van der Waals surface area contributed by atoms with E-state index in [1.165, 1.54) is 8.66 Å². The fraction of sp³-hybridized carbons (Fsp3) is 0.688. The van der Waals surface area contributed by atoms with Gasteiger partial charge in [-0.25, -0.2) is 0 Å². The fourth-order valence-corrected chi connectivity index (χ4v) is 5.57. The van der Waals surface area contributed by atoms with Crippen LogP contribution >= 0.6 is 63.0 Å². The molecule has 0 saturated carbocycles. The quantitative estimate of drug-likeness (QED) is 0.324. The van der Waals surface area contributed by atoms with E-state index >= 15 is 0 Å². The molecule has 4 nitrogen and oxygen atoms in total. The second-order valence-electron chi connectivity index (χ2n) is 5.69. The van der Waals surface area contributed by atoms with Gasteiger partial charge < -0.3 is 15.0 Å². The molecule has 1 aromatic heterocycles. The van der Waals surface area contributed by atoms with Crippen molar-refractivity contribution in [2.75, 3.05) is 39.6 Å². The summed E-state index contributed by atoms with van der Waals surface area (Å²) in [5, 5.41) is 3.58. The van der Waals surface area contributed by atoms with Crippen LogP contribution in [0.1, 0.15) is 24.6 Å². The molecular weight excluding hydrogens is 521 g/mol. The van der Waals surface area contributed by atoms with Gasteiger partial charge in [0.15, 0.2) is 5.96 Å². The highest BCUT2D eigenvalue weighted by atomic mass is 127. The number of thiophene rings is 1. The lowest BCUT2D eigenvalue weighted by molar-refractivity contribution is 0.0780. The summed E-state index contributed by atoms with van der Waals surface area (Å²) in [5.41, 5.74) is 0. The lowest BCUT2D eigenvalue weighted by Crippen LogP contribution is -2.48. The highest BCUT2D eigenvalue weighted by molar-refractivity contribution is 14.0. The maximum absolute atomic E-state index is 5.55. The van der Waals surface area contributed by atoms with Crippen molar-refractivity contribution < 1.29 is 4.74 Å². The van der Waals surface area contributed by atoms with Gasteiger partial charge in [0, 0.05) is 43.5 Å². The number of nitrogens with one attached hydrogen (secondary N) is 1. The Morgan fingerprint density at radius 2 is 2.17 bits per heavy atom. The molecule has 1 aliphatic rings. The molecule has 0 unspecified atom stereocenters. The zero-order chi connectivity index (χ0) is 16.7. The molecule has 1 aliphatic heterocycles. The van der Waals surface area contributed by atoms with E-state index in [9.17, 15) is 0 Å². The van der Waals surface area contributed by atoms with Gasteiger partial charge >= 0.3 is 0 Å². The van der Waals surface area contributed by atoms with Gasteiger partial charge in [0.25, 0.3) is 0 Å². The molecule has 138 valence electrons. The van der Waals surface area contributed by atoms with Crippen LogP contribution in [0.4, 0.5) is 0 Å². The average Bonchev–Trinajstić information content (AvgIpc) is 2.94. The van der Waals surface area contributed by atoms with E-state index in [1.807, 2.05) is 7.05 Å². The van der Waals surface area contributed by atoms with Crippen molar-refractivity contribution in [2.45, 2.75) is 31.1 Å². The number of thioether (sulfide) groups is 1. The summed E-state index contributed by atoms with van der Waals surface area (Å²) >= 11 is 7.34. The summed E-state index contributed by atoms with van der Waals surface area (Å²) in [6.07, 6.45) is 2.22. The third-order valence-electron chi connectivity index (χ3n) is 4.02. The molecule has 0 radical (unpaired) electrons. The molecule has 0 aliphatic carbocycles. The van der Waals surface area contributed by atoms with Crippen LogP contribution in [-0.4, -0.2) is 55.2 Å². The van der Waals surface area contributed by atoms with Gasteiger partial charge in [0.1, 0.15) is 0 Å². The molecule has 0 spiro atoms. The zero-order valence-corrected chi connectivity index (χ0v) is 20.1. The number of hydrogen-bond donors (Lipinski definition) is 1. The van der Waals surface area contributed by atoms with Gasteiger partial charge in [-0.3, -0.25) is 4.99 Å².